The Balaban J connectivity index is 2.38. The predicted octanol–water partition coefficient (Wildman–Crippen LogP) is 4.27. The summed E-state index contributed by atoms with van der Waals surface area (Å²) in [5, 5.41) is 3.14. The van der Waals surface area contributed by atoms with E-state index in [-0.39, 0.29) is 0 Å². The van der Waals surface area contributed by atoms with Crippen molar-refractivity contribution in [2.75, 3.05) is 12.4 Å². The fourth-order valence-corrected chi connectivity index (χ4v) is 2.06. The van der Waals surface area contributed by atoms with Crippen LogP contribution in [-0.4, -0.2) is 7.05 Å². The number of anilines is 1. The quantitative estimate of drug-likeness (QED) is 0.822. The Morgan fingerprint density at radius 2 is 1.59 bits per heavy atom. The third kappa shape index (κ3) is 2.50. The topological polar surface area (TPSA) is 12.0 Å². The number of rotatable bonds is 3. The molecule has 0 heterocycles. The minimum atomic E-state index is 1.09. The van der Waals surface area contributed by atoms with Crippen LogP contribution in [0.3, 0.4) is 0 Å². The maximum atomic E-state index is 3.14. The Morgan fingerprint density at radius 1 is 0.941 bits per heavy atom. The van der Waals surface area contributed by atoms with E-state index in [2.05, 4.69) is 61.6 Å². The van der Waals surface area contributed by atoms with Crippen molar-refractivity contribution in [2.45, 2.75) is 20.3 Å². The third-order valence-electron chi connectivity index (χ3n) is 3.24. The molecule has 1 nitrogen and oxygen atoms in total. The number of aryl methyl sites for hydroxylation is 2. The van der Waals surface area contributed by atoms with E-state index in [1.165, 1.54) is 22.3 Å². The van der Waals surface area contributed by atoms with Crippen LogP contribution in [-0.2, 0) is 6.42 Å². The molecule has 0 saturated carbocycles. The van der Waals surface area contributed by atoms with E-state index >= 15 is 0 Å². The minimum Gasteiger partial charge on any atom is -0.388 e. The first-order valence-corrected chi connectivity index (χ1v) is 6.12. The predicted molar refractivity (Wildman–Crippen MR) is 75.5 cm³/mol. The lowest BCUT2D eigenvalue weighted by Crippen LogP contribution is -1.89. The Kier molecular flexibility index (Phi) is 3.48. The largest absolute Gasteiger partial charge is 0.388 e. The zero-order chi connectivity index (χ0) is 12.3. The molecule has 2 rings (SSSR count). The van der Waals surface area contributed by atoms with Crippen molar-refractivity contribution in [3.05, 3.63) is 53.6 Å². The van der Waals surface area contributed by atoms with Crippen LogP contribution in [0.2, 0.25) is 0 Å². The average molecular weight is 225 g/mol. The van der Waals surface area contributed by atoms with E-state index in [1.807, 2.05) is 7.05 Å². The van der Waals surface area contributed by atoms with Gasteiger partial charge in [0.15, 0.2) is 0 Å². The number of benzene rings is 2. The Morgan fingerprint density at radius 3 is 2.18 bits per heavy atom. The maximum absolute atomic E-state index is 3.14. The molecule has 2 aromatic carbocycles. The van der Waals surface area contributed by atoms with E-state index in [4.69, 9.17) is 0 Å². The molecule has 0 amide bonds. The van der Waals surface area contributed by atoms with Crippen molar-refractivity contribution >= 4 is 5.69 Å². The summed E-state index contributed by atoms with van der Waals surface area (Å²) < 4.78 is 0. The number of hydrogen-bond acceptors (Lipinski definition) is 1. The summed E-state index contributed by atoms with van der Waals surface area (Å²) in [5.74, 6) is 0. The molecule has 0 saturated heterocycles. The van der Waals surface area contributed by atoms with Crippen molar-refractivity contribution in [1.29, 1.82) is 0 Å². The van der Waals surface area contributed by atoms with Gasteiger partial charge in [0.05, 0.1) is 0 Å². The summed E-state index contributed by atoms with van der Waals surface area (Å²) in [6.45, 7) is 4.38. The average Bonchev–Trinajstić information content (AvgIpc) is 2.39. The van der Waals surface area contributed by atoms with Gasteiger partial charge in [-0.25, -0.2) is 0 Å². The van der Waals surface area contributed by atoms with Gasteiger partial charge in [-0.1, -0.05) is 37.3 Å². The van der Waals surface area contributed by atoms with Gasteiger partial charge < -0.3 is 5.32 Å². The normalized spacial score (nSPS) is 10.3. The highest BCUT2D eigenvalue weighted by Gasteiger charge is 2.01. The highest BCUT2D eigenvalue weighted by atomic mass is 14.8. The van der Waals surface area contributed by atoms with Crippen molar-refractivity contribution < 1.29 is 0 Å². The van der Waals surface area contributed by atoms with Gasteiger partial charge in [0.2, 0.25) is 0 Å². The fraction of sp³-hybridized carbons (Fsp3) is 0.250. The van der Waals surface area contributed by atoms with Gasteiger partial charge in [-0.2, -0.15) is 0 Å². The van der Waals surface area contributed by atoms with Crippen molar-refractivity contribution in [3.63, 3.8) is 0 Å². The molecular weight excluding hydrogens is 206 g/mol. The molecule has 0 radical (unpaired) electrons. The molecule has 0 aliphatic carbocycles. The van der Waals surface area contributed by atoms with Gasteiger partial charge in [0.1, 0.15) is 0 Å². The van der Waals surface area contributed by atoms with Crippen LogP contribution in [0.25, 0.3) is 11.1 Å². The van der Waals surface area contributed by atoms with Gasteiger partial charge >= 0.3 is 0 Å². The molecule has 88 valence electrons. The van der Waals surface area contributed by atoms with Crippen LogP contribution in [0.15, 0.2) is 42.5 Å². The highest BCUT2D eigenvalue weighted by molar-refractivity contribution is 5.67. The van der Waals surface area contributed by atoms with E-state index in [9.17, 15) is 0 Å². The molecular formula is C16H19N. The van der Waals surface area contributed by atoms with E-state index in [1.54, 1.807) is 0 Å². The third-order valence-corrected chi connectivity index (χ3v) is 3.24. The molecule has 1 N–H and O–H groups in total. The van der Waals surface area contributed by atoms with E-state index < -0.39 is 0 Å². The summed E-state index contributed by atoms with van der Waals surface area (Å²) in [5.41, 5.74) is 6.54. The zero-order valence-corrected chi connectivity index (χ0v) is 10.7. The molecule has 0 spiro atoms. The number of nitrogens with one attached hydrogen (secondary N) is 1. The number of hydrogen-bond donors (Lipinski definition) is 1. The standard InChI is InChI=1S/C16H19N/c1-4-13-11-15(6-5-12(13)2)14-7-9-16(17-3)10-8-14/h5-11,17H,4H2,1-3H3. The first-order valence-electron chi connectivity index (χ1n) is 6.12. The molecule has 0 fully saturated rings. The summed E-state index contributed by atoms with van der Waals surface area (Å²) in [4.78, 5) is 0. The highest BCUT2D eigenvalue weighted by Crippen LogP contribution is 2.24. The molecule has 0 bridgehead atoms. The smallest absolute Gasteiger partial charge is 0.0337 e. The Hall–Kier alpha value is -1.76. The van der Waals surface area contributed by atoms with E-state index in [0.29, 0.717) is 0 Å². The van der Waals surface area contributed by atoms with Crippen molar-refractivity contribution in [3.8, 4) is 11.1 Å². The monoisotopic (exact) mass is 225 g/mol. The van der Waals surface area contributed by atoms with Gasteiger partial charge in [0.25, 0.3) is 0 Å². The van der Waals surface area contributed by atoms with Gasteiger partial charge in [-0.3, -0.25) is 0 Å². The molecule has 2 aromatic rings. The second-order valence-corrected chi connectivity index (χ2v) is 4.32. The van der Waals surface area contributed by atoms with Crippen molar-refractivity contribution in [1.82, 2.24) is 0 Å². The fourth-order valence-electron chi connectivity index (χ4n) is 2.06. The van der Waals surface area contributed by atoms with Crippen LogP contribution in [0.5, 0.6) is 0 Å². The first kappa shape index (κ1) is 11.7. The summed E-state index contributed by atoms with van der Waals surface area (Å²) in [7, 11) is 1.94. The van der Waals surface area contributed by atoms with Crippen LogP contribution < -0.4 is 5.32 Å². The molecule has 0 aromatic heterocycles. The van der Waals surface area contributed by atoms with Gasteiger partial charge in [0, 0.05) is 12.7 Å². The van der Waals surface area contributed by atoms with Crippen LogP contribution in [0, 0.1) is 6.92 Å². The van der Waals surface area contributed by atoms with E-state index in [0.717, 1.165) is 12.1 Å². The van der Waals surface area contributed by atoms with Crippen LogP contribution >= 0.6 is 0 Å². The molecule has 17 heavy (non-hydrogen) atoms. The second kappa shape index (κ2) is 5.05. The molecule has 1 heteroatoms. The summed E-state index contributed by atoms with van der Waals surface area (Å²) in [6.07, 6.45) is 1.09. The zero-order valence-electron chi connectivity index (χ0n) is 10.7. The molecule has 0 unspecified atom stereocenters. The lowest BCUT2D eigenvalue weighted by Gasteiger charge is -2.08. The SMILES string of the molecule is CCc1cc(-c2ccc(NC)cc2)ccc1C. The van der Waals surface area contributed by atoms with Gasteiger partial charge in [-0.05, 0) is 47.7 Å². The van der Waals surface area contributed by atoms with Crippen LogP contribution in [0.1, 0.15) is 18.1 Å². The maximum Gasteiger partial charge on any atom is 0.0337 e. The van der Waals surface area contributed by atoms with Crippen molar-refractivity contribution in [2.24, 2.45) is 0 Å². The molecule has 0 atom stereocenters. The minimum absolute atomic E-state index is 1.09. The van der Waals surface area contributed by atoms with Gasteiger partial charge in [-0.15, -0.1) is 0 Å². The first-order chi connectivity index (χ1) is 8.24. The lowest BCUT2D eigenvalue weighted by atomic mass is 9.98. The summed E-state index contributed by atoms with van der Waals surface area (Å²) >= 11 is 0. The molecule has 0 aliphatic rings. The Labute approximate surface area is 103 Å². The van der Waals surface area contributed by atoms with Crippen LogP contribution in [0.4, 0.5) is 5.69 Å². The lowest BCUT2D eigenvalue weighted by molar-refractivity contribution is 1.11. The Bertz CT molecular complexity index is 497. The second-order valence-electron chi connectivity index (χ2n) is 4.32. The molecule has 0 aliphatic heterocycles. The summed E-state index contributed by atoms with van der Waals surface area (Å²) in [6, 6.07) is 15.3.